The maximum atomic E-state index is 12.4. The Balaban J connectivity index is 1.46. The van der Waals surface area contributed by atoms with Crippen molar-refractivity contribution in [2.45, 2.75) is 6.54 Å². The molecule has 1 fully saturated rings. The van der Waals surface area contributed by atoms with Gasteiger partial charge in [-0.3, -0.25) is 9.69 Å². The fourth-order valence-corrected chi connectivity index (χ4v) is 3.25. The highest BCUT2D eigenvalue weighted by molar-refractivity contribution is 7.07. The molecule has 1 saturated heterocycles. The first-order valence-corrected chi connectivity index (χ1v) is 8.66. The number of carbonyl (C=O) groups excluding carboxylic acids is 1. The molecule has 6 nitrogen and oxygen atoms in total. The number of nitrogens with zero attached hydrogens (tertiary/aromatic N) is 5. The van der Waals surface area contributed by atoms with Crippen molar-refractivity contribution >= 4 is 23.1 Å². The van der Waals surface area contributed by atoms with Gasteiger partial charge in [0.15, 0.2) is 0 Å². The maximum Gasteiger partial charge on any atom is 0.236 e. The monoisotopic (exact) mass is 331 g/mol. The summed E-state index contributed by atoms with van der Waals surface area (Å²) in [7, 11) is 1.96. The molecule has 0 aromatic carbocycles. The van der Waals surface area contributed by atoms with Crippen molar-refractivity contribution in [2.24, 2.45) is 0 Å². The lowest BCUT2D eigenvalue weighted by Gasteiger charge is -2.36. The number of aromatic nitrogens is 2. The van der Waals surface area contributed by atoms with Crippen LogP contribution in [0.15, 0.2) is 35.3 Å². The van der Waals surface area contributed by atoms with Crippen molar-refractivity contribution < 1.29 is 4.79 Å². The number of hydrogen-bond acceptors (Lipinski definition) is 6. The van der Waals surface area contributed by atoms with E-state index in [1.165, 1.54) is 0 Å². The fourth-order valence-electron chi connectivity index (χ4n) is 2.70. The Kier molecular flexibility index (Phi) is 5.19. The zero-order chi connectivity index (χ0) is 16.1. The summed E-state index contributed by atoms with van der Waals surface area (Å²) in [6, 6.07) is 5.92. The van der Waals surface area contributed by atoms with E-state index in [0.717, 1.165) is 37.7 Å². The largest absolute Gasteiger partial charge is 0.353 e. The van der Waals surface area contributed by atoms with Gasteiger partial charge in [0.05, 0.1) is 17.7 Å². The van der Waals surface area contributed by atoms with E-state index in [1.54, 1.807) is 17.5 Å². The highest BCUT2D eigenvalue weighted by Gasteiger charge is 2.22. The number of likely N-dealkylation sites (N-methyl/N-ethyl adjacent to an activating group) is 1. The lowest BCUT2D eigenvalue weighted by Crippen LogP contribution is -2.51. The molecule has 0 radical (unpaired) electrons. The lowest BCUT2D eigenvalue weighted by molar-refractivity contribution is -0.132. The first-order chi connectivity index (χ1) is 11.2. The number of carbonyl (C=O) groups is 1. The summed E-state index contributed by atoms with van der Waals surface area (Å²) in [5.74, 6) is 1.17. The zero-order valence-corrected chi connectivity index (χ0v) is 14.1. The van der Waals surface area contributed by atoms with Gasteiger partial charge in [-0.25, -0.2) is 9.97 Å². The van der Waals surface area contributed by atoms with E-state index >= 15 is 0 Å². The van der Waals surface area contributed by atoms with E-state index < -0.39 is 0 Å². The first kappa shape index (κ1) is 15.9. The van der Waals surface area contributed by atoms with Crippen LogP contribution >= 0.6 is 11.3 Å². The first-order valence-electron chi connectivity index (χ1n) is 7.72. The van der Waals surface area contributed by atoms with E-state index in [0.29, 0.717) is 13.1 Å². The van der Waals surface area contributed by atoms with E-state index in [2.05, 4.69) is 14.9 Å². The van der Waals surface area contributed by atoms with Crippen LogP contribution in [0.4, 0.5) is 5.82 Å². The van der Waals surface area contributed by atoms with E-state index in [-0.39, 0.29) is 5.91 Å². The maximum absolute atomic E-state index is 12.4. The van der Waals surface area contributed by atoms with Gasteiger partial charge >= 0.3 is 0 Å². The molecule has 23 heavy (non-hydrogen) atoms. The standard InChI is InChI=1S/C16H21N5OS/c1-19(10-14-12-23-13-18-14)11-16(22)21-8-6-20(7-9-21)15-4-2-3-5-17-15/h2-5,12-13H,6-11H2,1H3. The SMILES string of the molecule is CN(CC(=O)N1CCN(c2ccccn2)CC1)Cc1cscn1. The Morgan fingerprint density at radius 3 is 2.74 bits per heavy atom. The van der Waals surface area contributed by atoms with Gasteiger partial charge in [-0.15, -0.1) is 11.3 Å². The number of thiazole rings is 1. The van der Waals surface area contributed by atoms with Crippen molar-refractivity contribution in [1.82, 2.24) is 19.8 Å². The molecule has 1 amide bonds. The minimum atomic E-state index is 0.184. The Morgan fingerprint density at radius 2 is 2.09 bits per heavy atom. The second kappa shape index (κ2) is 7.52. The molecule has 0 saturated carbocycles. The highest BCUT2D eigenvalue weighted by Crippen LogP contribution is 2.13. The quantitative estimate of drug-likeness (QED) is 0.827. The van der Waals surface area contributed by atoms with Crippen molar-refractivity contribution in [3.8, 4) is 0 Å². The summed E-state index contributed by atoms with van der Waals surface area (Å²) in [4.78, 5) is 27.2. The van der Waals surface area contributed by atoms with Gasteiger partial charge in [0.1, 0.15) is 5.82 Å². The average molecular weight is 331 g/mol. The van der Waals surface area contributed by atoms with Crippen molar-refractivity contribution in [2.75, 3.05) is 44.7 Å². The number of rotatable bonds is 5. The molecular formula is C16H21N5OS. The molecule has 1 aliphatic rings. The summed E-state index contributed by atoms with van der Waals surface area (Å²) in [6.45, 7) is 4.31. The summed E-state index contributed by atoms with van der Waals surface area (Å²) in [5.41, 5.74) is 2.84. The van der Waals surface area contributed by atoms with Crippen LogP contribution < -0.4 is 4.90 Å². The number of piperazine rings is 1. The molecule has 1 aliphatic heterocycles. The molecule has 3 rings (SSSR count). The summed E-state index contributed by atoms with van der Waals surface area (Å²) in [5, 5.41) is 2.02. The summed E-state index contributed by atoms with van der Waals surface area (Å²) in [6.07, 6.45) is 1.81. The van der Waals surface area contributed by atoms with Crippen LogP contribution in [-0.4, -0.2) is 65.4 Å². The second-order valence-corrected chi connectivity index (χ2v) is 6.43. The van der Waals surface area contributed by atoms with Crippen LogP contribution in [0.2, 0.25) is 0 Å². The van der Waals surface area contributed by atoms with Crippen LogP contribution in [0.1, 0.15) is 5.69 Å². The van der Waals surface area contributed by atoms with Crippen LogP contribution in [0, 0.1) is 0 Å². The van der Waals surface area contributed by atoms with Crippen molar-refractivity contribution in [3.05, 3.63) is 41.0 Å². The predicted molar refractivity (Wildman–Crippen MR) is 91.5 cm³/mol. The average Bonchev–Trinajstić information content (AvgIpc) is 3.08. The van der Waals surface area contributed by atoms with E-state index in [9.17, 15) is 4.79 Å². The number of amides is 1. The van der Waals surface area contributed by atoms with Crippen LogP contribution in [0.3, 0.4) is 0 Å². The highest BCUT2D eigenvalue weighted by atomic mass is 32.1. The van der Waals surface area contributed by atoms with Gasteiger partial charge in [-0.05, 0) is 19.2 Å². The van der Waals surface area contributed by atoms with Gasteiger partial charge in [0.25, 0.3) is 0 Å². The van der Waals surface area contributed by atoms with E-state index in [1.807, 2.05) is 45.9 Å². The molecule has 0 spiro atoms. The Bertz CT molecular complexity index is 611. The van der Waals surface area contributed by atoms with Gasteiger partial charge in [-0.2, -0.15) is 0 Å². The minimum Gasteiger partial charge on any atom is -0.353 e. The van der Waals surface area contributed by atoms with Gasteiger partial charge in [0.2, 0.25) is 5.91 Å². The molecule has 2 aromatic heterocycles. The van der Waals surface area contributed by atoms with E-state index in [4.69, 9.17) is 0 Å². The molecule has 2 aromatic rings. The van der Waals surface area contributed by atoms with Gasteiger partial charge in [0, 0.05) is 44.3 Å². The third-order valence-corrected chi connectivity index (χ3v) is 4.56. The molecule has 122 valence electrons. The topological polar surface area (TPSA) is 52.6 Å². The lowest BCUT2D eigenvalue weighted by atomic mass is 10.3. The Labute approximate surface area is 140 Å². The number of pyridine rings is 1. The zero-order valence-electron chi connectivity index (χ0n) is 13.3. The second-order valence-electron chi connectivity index (χ2n) is 5.71. The molecule has 0 atom stereocenters. The molecule has 7 heteroatoms. The van der Waals surface area contributed by atoms with Crippen LogP contribution in [0.5, 0.6) is 0 Å². The third kappa shape index (κ3) is 4.27. The molecule has 0 unspecified atom stereocenters. The number of anilines is 1. The third-order valence-electron chi connectivity index (χ3n) is 3.93. The molecular weight excluding hydrogens is 310 g/mol. The fraction of sp³-hybridized carbons (Fsp3) is 0.438. The smallest absolute Gasteiger partial charge is 0.236 e. The van der Waals surface area contributed by atoms with Crippen LogP contribution in [0.25, 0.3) is 0 Å². The minimum absolute atomic E-state index is 0.184. The number of hydrogen-bond donors (Lipinski definition) is 0. The normalized spacial score (nSPS) is 15.2. The molecule has 0 bridgehead atoms. The molecule has 0 N–H and O–H groups in total. The molecule has 0 aliphatic carbocycles. The summed E-state index contributed by atoms with van der Waals surface area (Å²) >= 11 is 1.58. The Morgan fingerprint density at radius 1 is 1.26 bits per heavy atom. The van der Waals surface area contributed by atoms with Crippen LogP contribution in [-0.2, 0) is 11.3 Å². The van der Waals surface area contributed by atoms with Gasteiger partial charge in [-0.1, -0.05) is 6.07 Å². The summed E-state index contributed by atoms with van der Waals surface area (Å²) < 4.78 is 0. The predicted octanol–water partition coefficient (Wildman–Crippen LogP) is 1.32. The van der Waals surface area contributed by atoms with Crippen molar-refractivity contribution in [3.63, 3.8) is 0 Å². The van der Waals surface area contributed by atoms with Gasteiger partial charge < -0.3 is 9.80 Å². The molecule has 3 heterocycles. The Hall–Kier alpha value is -1.99. The van der Waals surface area contributed by atoms with Crippen molar-refractivity contribution in [1.29, 1.82) is 0 Å².